The summed E-state index contributed by atoms with van der Waals surface area (Å²) in [6.07, 6.45) is 0. The first kappa shape index (κ1) is 13.0. The molecule has 4 nitrogen and oxygen atoms in total. The predicted molar refractivity (Wildman–Crippen MR) is 67.7 cm³/mol. The molecule has 0 atom stereocenters. The molecule has 0 fully saturated rings. The number of aromatic hydroxyl groups is 1. The Morgan fingerprint density at radius 1 is 1.41 bits per heavy atom. The van der Waals surface area contributed by atoms with Crippen molar-refractivity contribution in [3.8, 4) is 17.6 Å². The molecule has 0 aliphatic carbocycles. The standard InChI is InChI=1S/C13H15N3O/c1-13(2,3)11-6-7-12(17)10(9-11)5-4-8-15-16-14/h6-7,9,17H,8H2,1-3H3. The Labute approximate surface area is 101 Å². The highest BCUT2D eigenvalue weighted by atomic mass is 16.3. The van der Waals surface area contributed by atoms with Crippen LogP contribution < -0.4 is 0 Å². The van der Waals surface area contributed by atoms with Gasteiger partial charge in [0, 0.05) is 4.91 Å². The molecule has 0 radical (unpaired) electrons. The number of hydrogen-bond acceptors (Lipinski definition) is 2. The van der Waals surface area contributed by atoms with E-state index >= 15 is 0 Å². The summed E-state index contributed by atoms with van der Waals surface area (Å²) < 4.78 is 0. The minimum Gasteiger partial charge on any atom is -0.507 e. The third-order valence-electron chi connectivity index (χ3n) is 2.30. The van der Waals surface area contributed by atoms with Crippen molar-refractivity contribution in [1.82, 2.24) is 0 Å². The average molecular weight is 229 g/mol. The van der Waals surface area contributed by atoms with Crippen molar-refractivity contribution < 1.29 is 5.11 Å². The molecule has 0 amide bonds. The first-order valence-electron chi connectivity index (χ1n) is 5.28. The maximum atomic E-state index is 9.65. The molecule has 88 valence electrons. The van der Waals surface area contributed by atoms with Gasteiger partial charge in [0.2, 0.25) is 0 Å². The molecule has 1 N–H and O–H groups in total. The molecular formula is C13H15N3O. The largest absolute Gasteiger partial charge is 0.507 e. The van der Waals surface area contributed by atoms with E-state index in [9.17, 15) is 5.11 Å². The van der Waals surface area contributed by atoms with Crippen LogP contribution in [0.15, 0.2) is 23.3 Å². The van der Waals surface area contributed by atoms with Crippen LogP contribution in [0.3, 0.4) is 0 Å². The Kier molecular flexibility index (Phi) is 4.03. The zero-order valence-electron chi connectivity index (χ0n) is 10.2. The van der Waals surface area contributed by atoms with Crippen LogP contribution in [0.25, 0.3) is 10.4 Å². The third-order valence-corrected chi connectivity index (χ3v) is 2.30. The van der Waals surface area contributed by atoms with Crippen molar-refractivity contribution in [2.75, 3.05) is 6.54 Å². The fraction of sp³-hybridized carbons (Fsp3) is 0.385. The number of phenolic OH excluding ortho intramolecular Hbond substituents is 1. The topological polar surface area (TPSA) is 69.0 Å². The van der Waals surface area contributed by atoms with Crippen molar-refractivity contribution in [2.24, 2.45) is 5.11 Å². The summed E-state index contributed by atoms with van der Waals surface area (Å²) in [6.45, 7) is 6.39. The lowest BCUT2D eigenvalue weighted by Crippen LogP contribution is -2.10. The normalized spacial score (nSPS) is 10.1. The van der Waals surface area contributed by atoms with Crippen LogP contribution in [-0.4, -0.2) is 11.7 Å². The summed E-state index contributed by atoms with van der Waals surface area (Å²) in [5, 5.41) is 13.0. The molecule has 0 aromatic heterocycles. The van der Waals surface area contributed by atoms with E-state index < -0.39 is 0 Å². The van der Waals surface area contributed by atoms with E-state index in [1.165, 1.54) is 0 Å². The second-order valence-corrected chi connectivity index (χ2v) is 4.67. The smallest absolute Gasteiger partial charge is 0.131 e. The Bertz CT molecular complexity index is 512. The molecular weight excluding hydrogens is 214 g/mol. The molecule has 17 heavy (non-hydrogen) atoms. The van der Waals surface area contributed by atoms with Crippen molar-refractivity contribution in [3.63, 3.8) is 0 Å². The zero-order chi connectivity index (χ0) is 12.9. The van der Waals surface area contributed by atoms with Gasteiger partial charge in [0.15, 0.2) is 0 Å². The summed E-state index contributed by atoms with van der Waals surface area (Å²) in [7, 11) is 0. The quantitative estimate of drug-likeness (QED) is 0.341. The van der Waals surface area contributed by atoms with Gasteiger partial charge in [-0.15, -0.1) is 0 Å². The second-order valence-electron chi connectivity index (χ2n) is 4.67. The van der Waals surface area contributed by atoms with E-state index in [-0.39, 0.29) is 17.7 Å². The van der Waals surface area contributed by atoms with Crippen LogP contribution in [0.2, 0.25) is 0 Å². The van der Waals surface area contributed by atoms with Gasteiger partial charge in [0.25, 0.3) is 0 Å². The van der Waals surface area contributed by atoms with Gasteiger partial charge in [-0.1, -0.05) is 43.8 Å². The molecule has 0 saturated carbocycles. The molecule has 0 bridgehead atoms. The van der Waals surface area contributed by atoms with Crippen molar-refractivity contribution in [1.29, 1.82) is 0 Å². The monoisotopic (exact) mass is 229 g/mol. The molecule has 1 aromatic carbocycles. The number of phenols is 1. The summed E-state index contributed by atoms with van der Waals surface area (Å²) in [4.78, 5) is 2.61. The van der Waals surface area contributed by atoms with Gasteiger partial charge in [-0.05, 0) is 28.6 Å². The molecule has 0 aliphatic heterocycles. The number of benzene rings is 1. The molecule has 4 heteroatoms. The average Bonchev–Trinajstić information content (AvgIpc) is 2.25. The molecule has 0 aliphatic rings. The summed E-state index contributed by atoms with van der Waals surface area (Å²) in [5.74, 6) is 5.63. The van der Waals surface area contributed by atoms with Gasteiger partial charge in [-0.2, -0.15) is 0 Å². The van der Waals surface area contributed by atoms with Crippen molar-refractivity contribution in [2.45, 2.75) is 26.2 Å². The minimum absolute atomic E-state index is 0.00887. The maximum Gasteiger partial charge on any atom is 0.131 e. The predicted octanol–water partition coefficient (Wildman–Crippen LogP) is 3.35. The van der Waals surface area contributed by atoms with E-state index in [2.05, 4.69) is 42.6 Å². The van der Waals surface area contributed by atoms with E-state index in [0.717, 1.165) is 5.56 Å². The lowest BCUT2D eigenvalue weighted by molar-refractivity contribution is 0.472. The Morgan fingerprint density at radius 2 is 2.12 bits per heavy atom. The molecule has 0 heterocycles. The van der Waals surface area contributed by atoms with E-state index in [1.54, 1.807) is 6.07 Å². The van der Waals surface area contributed by atoms with E-state index in [1.807, 2.05) is 12.1 Å². The Hall–Kier alpha value is -2.11. The van der Waals surface area contributed by atoms with Crippen molar-refractivity contribution in [3.05, 3.63) is 39.8 Å². The third kappa shape index (κ3) is 3.75. The second kappa shape index (κ2) is 5.29. The number of rotatable bonds is 1. The van der Waals surface area contributed by atoms with Gasteiger partial charge in [0.05, 0.1) is 12.1 Å². The Balaban J connectivity index is 3.05. The van der Waals surface area contributed by atoms with Gasteiger partial charge < -0.3 is 5.11 Å². The van der Waals surface area contributed by atoms with Crippen LogP contribution in [-0.2, 0) is 5.41 Å². The highest BCUT2D eigenvalue weighted by Crippen LogP contribution is 2.26. The molecule has 0 saturated heterocycles. The summed E-state index contributed by atoms with van der Waals surface area (Å²) in [6, 6.07) is 5.38. The highest BCUT2D eigenvalue weighted by molar-refractivity contribution is 5.48. The fourth-order valence-corrected chi connectivity index (χ4v) is 1.30. The highest BCUT2D eigenvalue weighted by Gasteiger charge is 2.14. The number of nitrogens with zero attached hydrogens (tertiary/aromatic N) is 3. The summed E-state index contributed by atoms with van der Waals surface area (Å²) >= 11 is 0. The van der Waals surface area contributed by atoms with Gasteiger partial charge >= 0.3 is 0 Å². The van der Waals surface area contributed by atoms with Crippen molar-refractivity contribution >= 4 is 0 Å². The fourth-order valence-electron chi connectivity index (χ4n) is 1.30. The van der Waals surface area contributed by atoms with Crippen LogP contribution in [0, 0.1) is 11.8 Å². The molecule has 0 spiro atoms. The van der Waals surface area contributed by atoms with Crippen LogP contribution in [0.1, 0.15) is 31.9 Å². The first-order valence-corrected chi connectivity index (χ1v) is 5.28. The van der Waals surface area contributed by atoms with Crippen LogP contribution in [0.4, 0.5) is 0 Å². The first-order chi connectivity index (χ1) is 7.95. The van der Waals surface area contributed by atoms with Crippen LogP contribution in [0.5, 0.6) is 5.75 Å². The molecule has 1 aromatic rings. The summed E-state index contributed by atoms with van der Waals surface area (Å²) in [5.41, 5.74) is 9.78. The Morgan fingerprint density at radius 3 is 2.71 bits per heavy atom. The lowest BCUT2D eigenvalue weighted by Gasteiger charge is -2.19. The molecule has 1 rings (SSSR count). The van der Waals surface area contributed by atoms with Gasteiger partial charge in [-0.25, -0.2) is 0 Å². The molecule has 0 unspecified atom stereocenters. The van der Waals surface area contributed by atoms with E-state index in [0.29, 0.717) is 5.56 Å². The van der Waals surface area contributed by atoms with Gasteiger partial charge in [0.1, 0.15) is 5.75 Å². The number of hydrogen-bond donors (Lipinski definition) is 1. The lowest BCUT2D eigenvalue weighted by atomic mass is 9.86. The minimum atomic E-state index is 0.00887. The SMILES string of the molecule is CC(C)(C)c1ccc(O)c(C#CCN=[N+]=[N-])c1. The zero-order valence-corrected chi connectivity index (χ0v) is 10.2. The maximum absolute atomic E-state index is 9.65. The van der Waals surface area contributed by atoms with Gasteiger partial charge in [-0.3, -0.25) is 0 Å². The van der Waals surface area contributed by atoms with E-state index in [4.69, 9.17) is 5.53 Å². The number of azide groups is 1. The van der Waals surface area contributed by atoms with Crippen LogP contribution >= 0.6 is 0 Å².